The van der Waals surface area contributed by atoms with Crippen LogP contribution in [-0.4, -0.2) is 26.5 Å². The molecule has 2 aromatic heterocycles. The monoisotopic (exact) mass is 345 g/mol. The number of carbonyl (C=O) groups excluding carboxylic acids is 1. The average molecular weight is 345 g/mol. The first kappa shape index (κ1) is 12.3. The highest BCUT2D eigenvalue weighted by atomic mass is 127. The van der Waals surface area contributed by atoms with Gasteiger partial charge in [-0.3, -0.25) is 0 Å². The van der Waals surface area contributed by atoms with E-state index >= 15 is 0 Å². The Bertz CT molecular complexity index is 572. The van der Waals surface area contributed by atoms with Gasteiger partial charge in [-0.2, -0.15) is 5.10 Å². The lowest BCUT2D eigenvalue weighted by atomic mass is 10.2. The molecule has 0 saturated heterocycles. The highest BCUT2D eigenvalue weighted by molar-refractivity contribution is 14.1. The van der Waals surface area contributed by atoms with Crippen molar-refractivity contribution in [1.82, 2.24) is 14.8 Å². The van der Waals surface area contributed by atoms with E-state index in [1.54, 1.807) is 12.4 Å². The predicted molar refractivity (Wildman–Crippen MR) is 71.9 cm³/mol. The van der Waals surface area contributed by atoms with Crippen molar-refractivity contribution in [2.45, 2.75) is 26.4 Å². The lowest BCUT2D eigenvalue weighted by molar-refractivity contribution is 0.0522. The quantitative estimate of drug-likeness (QED) is 0.689. The van der Waals surface area contributed by atoms with Crippen LogP contribution in [0.4, 0.5) is 4.79 Å². The Labute approximate surface area is 112 Å². The van der Waals surface area contributed by atoms with Crippen molar-refractivity contribution in [2.24, 2.45) is 0 Å². The first-order valence-corrected chi connectivity index (χ1v) is 6.17. The molecule has 0 aliphatic heterocycles. The van der Waals surface area contributed by atoms with Crippen LogP contribution in [0.25, 0.3) is 11.0 Å². The van der Waals surface area contributed by atoms with E-state index in [1.807, 2.05) is 26.8 Å². The first-order chi connectivity index (χ1) is 7.87. The molecule has 0 N–H and O–H groups in total. The molecule has 0 unspecified atom stereocenters. The van der Waals surface area contributed by atoms with Crippen molar-refractivity contribution < 1.29 is 9.53 Å². The normalized spacial score (nSPS) is 11.8. The van der Waals surface area contributed by atoms with E-state index in [9.17, 15) is 4.79 Å². The number of rotatable bonds is 0. The van der Waals surface area contributed by atoms with E-state index in [1.165, 1.54) is 4.68 Å². The maximum absolute atomic E-state index is 11.9. The highest BCUT2D eigenvalue weighted by Crippen LogP contribution is 2.16. The van der Waals surface area contributed by atoms with Gasteiger partial charge in [0.25, 0.3) is 0 Å². The molecule has 0 radical (unpaired) electrons. The summed E-state index contributed by atoms with van der Waals surface area (Å²) in [4.78, 5) is 16.0. The minimum Gasteiger partial charge on any atom is -0.442 e. The zero-order valence-electron chi connectivity index (χ0n) is 9.77. The minimum atomic E-state index is -0.543. The Morgan fingerprint density at radius 2 is 2.12 bits per heavy atom. The third-order valence-corrected chi connectivity index (χ3v) is 2.53. The van der Waals surface area contributed by atoms with E-state index in [2.05, 4.69) is 32.7 Å². The Balaban J connectivity index is 2.40. The molecular weight excluding hydrogens is 333 g/mol. The molecule has 0 bridgehead atoms. The fraction of sp³-hybridized carbons (Fsp3) is 0.364. The van der Waals surface area contributed by atoms with Crippen molar-refractivity contribution in [3.8, 4) is 0 Å². The molecule has 17 heavy (non-hydrogen) atoms. The van der Waals surface area contributed by atoms with Crippen molar-refractivity contribution in [1.29, 1.82) is 0 Å². The second kappa shape index (κ2) is 4.25. The molecule has 90 valence electrons. The standard InChI is InChI=1S/C11H12IN3O2/c1-11(2,3)17-10(16)15-9-7(5-14-15)4-8(12)6-13-9/h4-6H,1-3H3. The third kappa shape index (κ3) is 2.74. The lowest BCUT2D eigenvalue weighted by Gasteiger charge is -2.18. The molecule has 0 atom stereocenters. The highest BCUT2D eigenvalue weighted by Gasteiger charge is 2.20. The van der Waals surface area contributed by atoms with Crippen LogP contribution in [0.15, 0.2) is 18.5 Å². The van der Waals surface area contributed by atoms with Crippen LogP contribution in [0.3, 0.4) is 0 Å². The predicted octanol–water partition coefficient (Wildman–Crippen LogP) is 2.82. The summed E-state index contributed by atoms with van der Waals surface area (Å²) < 4.78 is 7.42. The molecule has 0 amide bonds. The summed E-state index contributed by atoms with van der Waals surface area (Å²) in [5.41, 5.74) is -0.0295. The van der Waals surface area contributed by atoms with Gasteiger partial charge in [-0.25, -0.2) is 9.78 Å². The smallest absolute Gasteiger partial charge is 0.437 e. The van der Waals surface area contributed by atoms with E-state index in [0.717, 1.165) is 8.96 Å². The summed E-state index contributed by atoms with van der Waals surface area (Å²) in [6.45, 7) is 5.44. The first-order valence-electron chi connectivity index (χ1n) is 5.09. The van der Waals surface area contributed by atoms with Crippen molar-refractivity contribution in [3.05, 3.63) is 22.0 Å². The van der Waals surface area contributed by atoms with Gasteiger partial charge in [-0.05, 0) is 49.4 Å². The van der Waals surface area contributed by atoms with Gasteiger partial charge >= 0.3 is 6.09 Å². The Hall–Kier alpha value is -1.18. The van der Waals surface area contributed by atoms with Crippen molar-refractivity contribution >= 4 is 39.7 Å². The van der Waals surface area contributed by atoms with Crippen LogP contribution in [0, 0.1) is 3.57 Å². The number of halogens is 1. The molecule has 2 rings (SSSR count). The third-order valence-electron chi connectivity index (χ3n) is 1.94. The molecule has 5 nitrogen and oxygen atoms in total. The minimum absolute atomic E-state index is 0.513. The molecule has 0 spiro atoms. The number of hydrogen-bond acceptors (Lipinski definition) is 4. The van der Waals surface area contributed by atoms with Gasteiger partial charge < -0.3 is 4.74 Å². The van der Waals surface area contributed by atoms with Gasteiger partial charge in [0.05, 0.1) is 6.20 Å². The van der Waals surface area contributed by atoms with Crippen LogP contribution >= 0.6 is 22.6 Å². The van der Waals surface area contributed by atoms with Gasteiger partial charge in [0.15, 0.2) is 5.65 Å². The Morgan fingerprint density at radius 3 is 2.76 bits per heavy atom. The van der Waals surface area contributed by atoms with Crippen molar-refractivity contribution in [3.63, 3.8) is 0 Å². The lowest BCUT2D eigenvalue weighted by Crippen LogP contribution is -2.27. The summed E-state index contributed by atoms with van der Waals surface area (Å²) in [7, 11) is 0. The fourth-order valence-electron chi connectivity index (χ4n) is 1.33. The van der Waals surface area contributed by atoms with E-state index < -0.39 is 11.7 Å². The second-order valence-electron chi connectivity index (χ2n) is 4.60. The fourth-order valence-corrected chi connectivity index (χ4v) is 1.81. The molecule has 0 aliphatic carbocycles. The maximum atomic E-state index is 11.9. The summed E-state index contributed by atoms with van der Waals surface area (Å²) in [5, 5.41) is 4.82. The van der Waals surface area contributed by atoms with Crippen LogP contribution in [-0.2, 0) is 4.74 Å². The Morgan fingerprint density at radius 1 is 1.41 bits per heavy atom. The van der Waals surface area contributed by atoms with Crippen LogP contribution in [0.1, 0.15) is 20.8 Å². The zero-order valence-corrected chi connectivity index (χ0v) is 11.9. The number of pyridine rings is 1. The van der Waals surface area contributed by atoms with Gasteiger partial charge in [0, 0.05) is 15.2 Å². The summed E-state index contributed by atoms with van der Waals surface area (Å²) in [6.07, 6.45) is 2.78. The molecular formula is C11H12IN3O2. The van der Waals surface area contributed by atoms with Gasteiger partial charge in [-0.1, -0.05) is 0 Å². The molecule has 0 aliphatic rings. The summed E-state index contributed by atoms with van der Waals surface area (Å²) >= 11 is 2.16. The molecule has 2 heterocycles. The number of fused-ring (bicyclic) bond motifs is 1. The Kier molecular flexibility index (Phi) is 3.07. The van der Waals surface area contributed by atoms with Crippen LogP contribution < -0.4 is 0 Å². The molecule has 0 aromatic carbocycles. The zero-order chi connectivity index (χ0) is 12.6. The number of ether oxygens (including phenoxy) is 1. The summed E-state index contributed by atoms with van der Waals surface area (Å²) in [6, 6.07) is 1.91. The molecule has 2 aromatic rings. The number of hydrogen-bond donors (Lipinski definition) is 0. The van der Waals surface area contributed by atoms with Crippen LogP contribution in [0.2, 0.25) is 0 Å². The summed E-state index contributed by atoms with van der Waals surface area (Å²) in [5.74, 6) is 0. The van der Waals surface area contributed by atoms with Gasteiger partial charge in [0.2, 0.25) is 0 Å². The van der Waals surface area contributed by atoms with Crippen LogP contribution in [0.5, 0.6) is 0 Å². The molecule has 0 fully saturated rings. The van der Waals surface area contributed by atoms with Gasteiger partial charge in [-0.15, -0.1) is 4.68 Å². The number of carbonyl (C=O) groups is 1. The second-order valence-corrected chi connectivity index (χ2v) is 5.85. The molecule has 6 heteroatoms. The van der Waals surface area contributed by atoms with E-state index in [0.29, 0.717) is 5.65 Å². The van der Waals surface area contributed by atoms with E-state index in [-0.39, 0.29) is 0 Å². The largest absolute Gasteiger partial charge is 0.442 e. The van der Waals surface area contributed by atoms with Gasteiger partial charge in [0.1, 0.15) is 5.60 Å². The van der Waals surface area contributed by atoms with Crippen molar-refractivity contribution in [2.75, 3.05) is 0 Å². The topological polar surface area (TPSA) is 57.0 Å². The number of aromatic nitrogens is 3. The SMILES string of the molecule is CC(C)(C)OC(=O)n1ncc2cc(I)cnc21. The average Bonchev–Trinajstić information content (AvgIpc) is 2.57. The van der Waals surface area contributed by atoms with E-state index in [4.69, 9.17) is 4.74 Å². The number of nitrogens with zero attached hydrogens (tertiary/aromatic N) is 3. The maximum Gasteiger partial charge on any atom is 0.437 e. The molecule has 0 saturated carbocycles.